The van der Waals surface area contributed by atoms with Crippen LogP contribution >= 0.6 is 11.3 Å². The molecule has 5 heteroatoms. The maximum Gasteiger partial charge on any atom is 0.165 e. The van der Waals surface area contributed by atoms with Crippen LogP contribution in [0.5, 0.6) is 5.75 Å². The van der Waals surface area contributed by atoms with Crippen molar-refractivity contribution in [1.82, 2.24) is 0 Å². The van der Waals surface area contributed by atoms with Crippen molar-refractivity contribution in [3.8, 4) is 16.9 Å². The van der Waals surface area contributed by atoms with E-state index in [1.54, 1.807) is 6.07 Å². The monoisotopic (exact) mass is 339 g/mol. The number of aliphatic hydroxyl groups excluding tert-OH is 1. The molecule has 3 nitrogen and oxygen atoms in total. The number of rotatable bonds is 2. The number of nitrogens with one attached hydrogen (secondary N) is 1. The molecule has 0 spiro atoms. The van der Waals surface area contributed by atoms with E-state index in [9.17, 15) is 14.6 Å². The number of fused-ring (bicyclic) bond motifs is 1. The fourth-order valence-corrected chi connectivity index (χ4v) is 3.86. The SMILES string of the molecule is OC1=C(c2ccccc2)CNc2scc(-c3ccc(O)c(F)c3)c21. The lowest BCUT2D eigenvalue weighted by molar-refractivity contribution is 0.432. The van der Waals surface area contributed by atoms with E-state index in [1.807, 2.05) is 35.7 Å². The van der Waals surface area contributed by atoms with E-state index in [0.717, 1.165) is 21.7 Å². The van der Waals surface area contributed by atoms with Crippen molar-refractivity contribution in [3.63, 3.8) is 0 Å². The van der Waals surface area contributed by atoms with Gasteiger partial charge in [0.05, 0.1) is 5.56 Å². The van der Waals surface area contributed by atoms with Crippen LogP contribution in [0.1, 0.15) is 11.1 Å². The van der Waals surface area contributed by atoms with Gasteiger partial charge >= 0.3 is 0 Å². The van der Waals surface area contributed by atoms with Crippen molar-refractivity contribution in [3.05, 3.63) is 70.9 Å². The molecule has 4 rings (SSSR count). The summed E-state index contributed by atoms with van der Waals surface area (Å²) in [6, 6.07) is 13.9. The topological polar surface area (TPSA) is 52.5 Å². The van der Waals surface area contributed by atoms with Crippen LogP contribution in [0.3, 0.4) is 0 Å². The molecule has 0 unspecified atom stereocenters. The van der Waals surface area contributed by atoms with Crippen LogP contribution in [0, 0.1) is 5.82 Å². The maximum absolute atomic E-state index is 13.7. The van der Waals surface area contributed by atoms with Gasteiger partial charge < -0.3 is 15.5 Å². The second-order valence-corrected chi connectivity index (χ2v) is 6.45. The number of phenolic OH excluding ortho intramolecular Hbond substituents is 1. The number of hydrogen-bond acceptors (Lipinski definition) is 4. The molecule has 0 atom stereocenters. The van der Waals surface area contributed by atoms with E-state index in [4.69, 9.17) is 0 Å². The zero-order valence-corrected chi connectivity index (χ0v) is 13.4. The molecule has 0 saturated carbocycles. The summed E-state index contributed by atoms with van der Waals surface area (Å²) >= 11 is 1.47. The molecule has 0 aliphatic carbocycles. The smallest absolute Gasteiger partial charge is 0.165 e. The number of hydrogen-bond donors (Lipinski definition) is 3. The quantitative estimate of drug-likeness (QED) is 0.608. The Morgan fingerprint density at radius 1 is 1.00 bits per heavy atom. The molecule has 2 heterocycles. The van der Waals surface area contributed by atoms with Gasteiger partial charge in [-0.3, -0.25) is 0 Å². The Bertz CT molecular complexity index is 947. The molecule has 0 radical (unpaired) electrons. The van der Waals surface area contributed by atoms with Crippen molar-refractivity contribution in [2.24, 2.45) is 0 Å². The van der Waals surface area contributed by atoms with E-state index < -0.39 is 5.82 Å². The molecule has 0 fully saturated rings. The first-order valence-corrected chi connectivity index (χ1v) is 8.35. The van der Waals surface area contributed by atoms with Gasteiger partial charge in [-0.15, -0.1) is 11.3 Å². The lowest BCUT2D eigenvalue weighted by Crippen LogP contribution is -2.12. The normalized spacial score (nSPS) is 13.5. The highest BCUT2D eigenvalue weighted by atomic mass is 32.1. The number of phenols is 1. The number of benzene rings is 2. The largest absolute Gasteiger partial charge is 0.507 e. The second kappa shape index (κ2) is 5.69. The maximum atomic E-state index is 13.7. The Morgan fingerprint density at radius 2 is 1.79 bits per heavy atom. The minimum absolute atomic E-state index is 0.208. The highest BCUT2D eigenvalue weighted by Gasteiger charge is 2.25. The Labute approximate surface area is 142 Å². The van der Waals surface area contributed by atoms with Gasteiger partial charge in [-0.25, -0.2) is 4.39 Å². The minimum Gasteiger partial charge on any atom is -0.507 e. The van der Waals surface area contributed by atoms with Gasteiger partial charge in [0.15, 0.2) is 11.6 Å². The summed E-state index contributed by atoms with van der Waals surface area (Å²) in [4.78, 5) is 0. The van der Waals surface area contributed by atoms with Gasteiger partial charge in [-0.05, 0) is 23.3 Å². The predicted molar refractivity (Wildman–Crippen MR) is 95.8 cm³/mol. The van der Waals surface area contributed by atoms with Crippen LogP contribution < -0.4 is 5.32 Å². The molecule has 1 aliphatic rings. The molecule has 2 aromatic carbocycles. The van der Waals surface area contributed by atoms with Crippen molar-refractivity contribution in [2.45, 2.75) is 0 Å². The molecule has 3 N–H and O–H groups in total. The Kier molecular flexibility index (Phi) is 3.50. The number of thiophene rings is 1. The average molecular weight is 339 g/mol. The zero-order chi connectivity index (χ0) is 16.7. The Balaban J connectivity index is 1.87. The van der Waals surface area contributed by atoms with Gasteiger partial charge in [0.25, 0.3) is 0 Å². The van der Waals surface area contributed by atoms with Crippen LogP contribution in [-0.4, -0.2) is 16.8 Å². The average Bonchev–Trinajstić information content (AvgIpc) is 3.03. The highest BCUT2D eigenvalue weighted by Crippen LogP contribution is 2.44. The second-order valence-electron chi connectivity index (χ2n) is 5.57. The summed E-state index contributed by atoms with van der Waals surface area (Å²) in [5.74, 6) is -0.853. The van der Waals surface area contributed by atoms with Crippen LogP contribution in [0.4, 0.5) is 9.39 Å². The standard InChI is InChI=1S/C19H14FNO2S/c20-15-8-12(6-7-16(15)22)14-10-24-19-17(14)18(23)13(9-21-19)11-4-2-1-3-5-11/h1-8,10,21-23H,9H2. The number of aromatic hydroxyl groups is 1. The van der Waals surface area contributed by atoms with Gasteiger partial charge in [-0.2, -0.15) is 0 Å². The van der Waals surface area contributed by atoms with Gasteiger partial charge in [0.1, 0.15) is 10.8 Å². The molecular weight excluding hydrogens is 325 g/mol. The van der Waals surface area contributed by atoms with Gasteiger partial charge in [0.2, 0.25) is 0 Å². The van der Waals surface area contributed by atoms with Crippen molar-refractivity contribution in [2.75, 3.05) is 11.9 Å². The molecule has 1 aliphatic heterocycles. The molecule has 3 aromatic rings. The summed E-state index contributed by atoms with van der Waals surface area (Å²) in [5, 5.41) is 26.3. The highest BCUT2D eigenvalue weighted by molar-refractivity contribution is 7.15. The summed E-state index contributed by atoms with van der Waals surface area (Å²) in [6.45, 7) is 0.534. The van der Waals surface area contributed by atoms with E-state index >= 15 is 0 Å². The number of anilines is 1. The predicted octanol–water partition coefficient (Wildman–Crippen LogP) is 5.11. The third-order valence-corrected chi connectivity index (χ3v) is 5.06. The van der Waals surface area contributed by atoms with Crippen LogP contribution in [0.2, 0.25) is 0 Å². The lowest BCUT2D eigenvalue weighted by Gasteiger charge is -2.20. The summed E-state index contributed by atoms with van der Waals surface area (Å²) < 4.78 is 13.7. The summed E-state index contributed by atoms with van der Waals surface area (Å²) in [7, 11) is 0. The van der Waals surface area contributed by atoms with Crippen LogP contribution in [0.15, 0.2) is 53.9 Å². The molecule has 0 saturated heterocycles. The fourth-order valence-electron chi connectivity index (χ4n) is 2.89. The third kappa shape index (κ3) is 2.34. The molecule has 1 aromatic heterocycles. The summed E-state index contributed by atoms with van der Waals surface area (Å²) in [5.41, 5.74) is 3.79. The fraction of sp³-hybridized carbons (Fsp3) is 0.0526. The molecule has 0 amide bonds. The zero-order valence-electron chi connectivity index (χ0n) is 12.6. The molecule has 24 heavy (non-hydrogen) atoms. The first-order chi connectivity index (χ1) is 11.6. The first-order valence-electron chi connectivity index (χ1n) is 7.47. The van der Waals surface area contributed by atoms with Crippen molar-refractivity contribution in [1.29, 1.82) is 0 Å². The summed E-state index contributed by atoms with van der Waals surface area (Å²) in [6.07, 6.45) is 0. The van der Waals surface area contributed by atoms with Crippen molar-refractivity contribution >= 4 is 27.7 Å². The van der Waals surface area contributed by atoms with E-state index in [2.05, 4.69) is 5.32 Å². The van der Waals surface area contributed by atoms with E-state index in [1.165, 1.54) is 23.5 Å². The Morgan fingerprint density at radius 3 is 2.54 bits per heavy atom. The molecule has 120 valence electrons. The van der Waals surface area contributed by atoms with Gasteiger partial charge in [0, 0.05) is 23.1 Å². The minimum atomic E-state index is -0.678. The van der Waals surface area contributed by atoms with E-state index in [0.29, 0.717) is 17.7 Å². The first kappa shape index (κ1) is 14.8. The van der Waals surface area contributed by atoms with Gasteiger partial charge in [-0.1, -0.05) is 36.4 Å². The van der Waals surface area contributed by atoms with Crippen LogP contribution in [0.25, 0.3) is 22.5 Å². The lowest BCUT2D eigenvalue weighted by atomic mass is 9.95. The number of aliphatic hydroxyl groups is 1. The van der Waals surface area contributed by atoms with Crippen LogP contribution in [-0.2, 0) is 0 Å². The van der Waals surface area contributed by atoms with Crippen molar-refractivity contribution < 1.29 is 14.6 Å². The Hall–Kier alpha value is -2.79. The third-order valence-electron chi connectivity index (χ3n) is 4.12. The van der Waals surface area contributed by atoms with E-state index in [-0.39, 0.29) is 11.5 Å². The number of halogens is 1. The molecular formula is C19H14FNO2S. The molecule has 0 bridgehead atoms.